The van der Waals surface area contributed by atoms with Gasteiger partial charge in [-0.25, -0.2) is 0 Å². The van der Waals surface area contributed by atoms with Gasteiger partial charge in [-0.2, -0.15) is 0 Å². The van der Waals surface area contributed by atoms with Gasteiger partial charge in [0.2, 0.25) is 5.91 Å². The number of nitrogens with one attached hydrogen (secondary N) is 2. The molecule has 0 saturated carbocycles. The monoisotopic (exact) mass is 408 g/mol. The number of halogens is 1. The van der Waals surface area contributed by atoms with E-state index in [-0.39, 0.29) is 18.4 Å². The van der Waals surface area contributed by atoms with Crippen molar-refractivity contribution < 1.29 is 14.5 Å². The molecule has 1 aromatic carbocycles. The van der Waals surface area contributed by atoms with E-state index in [0.29, 0.717) is 23.8 Å². The van der Waals surface area contributed by atoms with Crippen molar-refractivity contribution in [3.8, 4) is 0 Å². The van der Waals surface area contributed by atoms with Crippen LogP contribution in [0, 0.1) is 13.8 Å². The Labute approximate surface area is 169 Å². The van der Waals surface area contributed by atoms with Crippen LogP contribution in [0.3, 0.4) is 0 Å². The largest absolute Gasteiger partial charge is 0.329 e. The van der Waals surface area contributed by atoms with Gasteiger partial charge in [-0.15, -0.1) is 11.3 Å². The van der Waals surface area contributed by atoms with Crippen molar-refractivity contribution in [1.82, 2.24) is 4.90 Å². The molecule has 0 aliphatic heterocycles. The molecule has 0 saturated heterocycles. The molecule has 1 unspecified atom stereocenters. The lowest BCUT2D eigenvalue weighted by Gasteiger charge is -2.22. The van der Waals surface area contributed by atoms with Gasteiger partial charge < -0.3 is 15.1 Å². The fourth-order valence-corrected chi connectivity index (χ4v) is 3.95. The number of likely N-dealkylation sites (N-methyl/N-ethyl adjacent to an activating group) is 2. The number of thiophene rings is 1. The molecule has 146 valence electrons. The van der Waals surface area contributed by atoms with Gasteiger partial charge in [0, 0.05) is 17.3 Å². The fraction of sp³-hybridized carbons (Fsp3) is 0.400. The molecule has 2 N–H and O–H groups in total. The van der Waals surface area contributed by atoms with Crippen LogP contribution in [-0.4, -0.2) is 43.4 Å². The summed E-state index contributed by atoms with van der Waals surface area (Å²) in [4.78, 5) is 29.0. The van der Waals surface area contributed by atoms with Gasteiger partial charge in [-0.3, -0.25) is 9.59 Å². The number of quaternary nitrogens is 1. The number of benzene rings is 1. The van der Waals surface area contributed by atoms with E-state index in [2.05, 4.69) is 23.7 Å². The number of rotatable bonds is 8. The molecule has 1 aromatic heterocycles. The van der Waals surface area contributed by atoms with Crippen LogP contribution >= 0.6 is 22.9 Å². The maximum Gasteiger partial charge on any atom is 0.278 e. The SMILES string of the molecule is CCN(CC(=O)Nc1cc(Cl)ccc1C)C(=O)C[NH+](C)Cc1sccc1C. The average Bonchev–Trinajstić information content (AvgIpc) is 3.00. The van der Waals surface area contributed by atoms with Gasteiger partial charge in [0.1, 0.15) is 13.1 Å². The average molecular weight is 409 g/mol. The van der Waals surface area contributed by atoms with Crippen LogP contribution in [0.25, 0.3) is 0 Å². The van der Waals surface area contributed by atoms with Crippen LogP contribution in [0.1, 0.15) is 22.9 Å². The van der Waals surface area contributed by atoms with Crippen LogP contribution in [0.15, 0.2) is 29.6 Å². The first kappa shape index (κ1) is 21.4. The second-order valence-corrected chi connectivity index (χ2v) is 8.19. The van der Waals surface area contributed by atoms with Crippen LogP contribution < -0.4 is 10.2 Å². The zero-order valence-electron chi connectivity index (χ0n) is 16.3. The maximum atomic E-state index is 12.6. The van der Waals surface area contributed by atoms with Crippen LogP contribution in [-0.2, 0) is 16.1 Å². The van der Waals surface area contributed by atoms with Crippen molar-refractivity contribution >= 4 is 40.4 Å². The Bertz CT molecular complexity index is 806. The second-order valence-electron chi connectivity index (χ2n) is 6.75. The van der Waals surface area contributed by atoms with Crippen LogP contribution in [0.4, 0.5) is 5.69 Å². The van der Waals surface area contributed by atoms with Gasteiger partial charge in [-0.1, -0.05) is 17.7 Å². The summed E-state index contributed by atoms with van der Waals surface area (Å²) >= 11 is 7.71. The molecular formula is C20H27ClN3O2S+. The standard InChI is InChI=1S/C20H26ClN3O2S/c1-5-24(12-19(25)22-17-10-16(21)7-6-14(17)2)20(26)13-23(4)11-18-15(3)8-9-27-18/h6-10H,5,11-13H2,1-4H3,(H,22,25)/p+1. The van der Waals surface area contributed by atoms with E-state index >= 15 is 0 Å². The molecule has 1 heterocycles. The number of hydrogen-bond acceptors (Lipinski definition) is 3. The molecule has 27 heavy (non-hydrogen) atoms. The second kappa shape index (κ2) is 9.88. The number of amides is 2. The summed E-state index contributed by atoms with van der Waals surface area (Å²) in [5.41, 5.74) is 2.86. The van der Waals surface area contributed by atoms with Crippen molar-refractivity contribution in [3.05, 3.63) is 50.7 Å². The first-order valence-corrected chi connectivity index (χ1v) is 10.2. The van der Waals surface area contributed by atoms with Crippen molar-refractivity contribution in [2.75, 3.05) is 32.0 Å². The third kappa shape index (κ3) is 6.34. The minimum absolute atomic E-state index is 0.0258. The van der Waals surface area contributed by atoms with Gasteiger partial charge in [-0.05, 0) is 55.5 Å². The number of carbonyl (C=O) groups excluding carboxylic acids is 2. The molecule has 0 fully saturated rings. The zero-order valence-corrected chi connectivity index (χ0v) is 17.8. The molecule has 1 atom stereocenters. The quantitative estimate of drug-likeness (QED) is 0.705. The van der Waals surface area contributed by atoms with Gasteiger partial charge in [0.25, 0.3) is 5.91 Å². The van der Waals surface area contributed by atoms with E-state index in [1.54, 1.807) is 28.4 Å². The van der Waals surface area contributed by atoms with Crippen molar-refractivity contribution in [3.63, 3.8) is 0 Å². The van der Waals surface area contributed by atoms with E-state index in [0.717, 1.165) is 17.0 Å². The lowest BCUT2D eigenvalue weighted by atomic mass is 10.2. The highest BCUT2D eigenvalue weighted by Crippen LogP contribution is 2.20. The highest BCUT2D eigenvalue weighted by Gasteiger charge is 2.20. The predicted molar refractivity (Wildman–Crippen MR) is 112 cm³/mol. The van der Waals surface area contributed by atoms with Crippen molar-refractivity contribution in [2.24, 2.45) is 0 Å². The summed E-state index contributed by atoms with van der Waals surface area (Å²) in [6, 6.07) is 7.44. The Morgan fingerprint density at radius 3 is 2.59 bits per heavy atom. The van der Waals surface area contributed by atoms with Gasteiger partial charge in [0.15, 0.2) is 6.54 Å². The smallest absolute Gasteiger partial charge is 0.278 e. The Morgan fingerprint density at radius 1 is 1.22 bits per heavy atom. The predicted octanol–water partition coefficient (Wildman–Crippen LogP) is 2.52. The topological polar surface area (TPSA) is 53.9 Å². The third-order valence-corrected chi connectivity index (χ3v) is 5.68. The Kier molecular flexibility index (Phi) is 7.83. The highest BCUT2D eigenvalue weighted by atomic mass is 35.5. The molecule has 2 aromatic rings. The number of nitrogens with zero attached hydrogens (tertiary/aromatic N) is 1. The number of hydrogen-bond donors (Lipinski definition) is 2. The van der Waals surface area contributed by atoms with Gasteiger partial charge >= 0.3 is 0 Å². The summed E-state index contributed by atoms with van der Waals surface area (Å²) in [7, 11) is 2.00. The zero-order chi connectivity index (χ0) is 20.0. The Balaban J connectivity index is 1.91. The highest BCUT2D eigenvalue weighted by molar-refractivity contribution is 7.10. The van der Waals surface area contributed by atoms with E-state index in [1.165, 1.54) is 10.4 Å². The number of carbonyl (C=O) groups is 2. The number of anilines is 1. The Morgan fingerprint density at radius 2 is 1.96 bits per heavy atom. The summed E-state index contributed by atoms with van der Waals surface area (Å²) in [5, 5.41) is 5.48. The lowest BCUT2D eigenvalue weighted by molar-refractivity contribution is -0.885. The molecule has 0 spiro atoms. The lowest BCUT2D eigenvalue weighted by Crippen LogP contribution is -3.08. The molecule has 2 rings (SSSR count). The van der Waals surface area contributed by atoms with Crippen molar-refractivity contribution in [2.45, 2.75) is 27.3 Å². The summed E-state index contributed by atoms with van der Waals surface area (Å²) in [5.74, 6) is -0.246. The molecule has 0 bridgehead atoms. The maximum absolute atomic E-state index is 12.6. The minimum atomic E-state index is -0.220. The normalized spacial score (nSPS) is 11.9. The van der Waals surface area contributed by atoms with E-state index in [9.17, 15) is 9.59 Å². The van der Waals surface area contributed by atoms with Crippen molar-refractivity contribution in [1.29, 1.82) is 0 Å². The first-order chi connectivity index (χ1) is 12.8. The molecule has 2 amide bonds. The third-order valence-electron chi connectivity index (χ3n) is 4.43. The molecular weight excluding hydrogens is 382 g/mol. The van der Waals surface area contributed by atoms with E-state index < -0.39 is 0 Å². The van der Waals surface area contributed by atoms with E-state index in [1.807, 2.05) is 27.0 Å². The van der Waals surface area contributed by atoms with Crippen LogP contribution in [0.5, 0.6) is 0 Å². The summed E-state index contributed by atoms with van der Waals surface area (Å²) < 4.78 is 0. The fourth-order valence-electron chi connectivity index (χ4n) is 2.76. The Hall–Kier alpha value is -1.89. The molecule has 5 nitrogen and oxygen atoms in total. The molecule has 0 aliphatic rings. The first-order valence-electron chi connectivity index (χ1n) is 8.98. The number of aryl methyl sites for hydroxylation is 2. The van der Waals surface area contributed by atoms with Gasteiger partial charge in [0.05, 0.1) is 11.9 Å². The molecule has 0 aliphatic carbocycles. The molecule has 7 heteroatoms. The summed E-state index contributed by atoms with van der Waals surface area (Å²) in [6.07, 6.45) is 0. The minimum Gasteiger partial charge on any atom is -0.329 e. The summed E-state index contributed by atoms with van der Waals surface area (Å²) in [6.45, 7) is 7.56. The van der Waals surface area contributed by atoms with Crippen LogP contribution in [0.2, 0.25) is 5.02 Å². The molecule has 0 radical (unpaired) electrons. The van der Waals surface area contributed by atoms with E-state index in [4.69, 9.17) is 11.6 Å².